The summed E-state index contributed by atoms with van der Waals surface area (Å²) in [7, 11) is 0. The van der Waals surface area contributed by atoms with Gasteiger partial charge in [-0.3, -0.25) is 4.79 Å². The fourth-order valence-electron chi connectivity index (χ4n) is 1.74. The van der Waals surface area contributed by atoms with Crippen LogP contribution in [0.2, 0.25) is 5.02 Å². The molecule has 1 aliphatic heterocycles. The van der Waals surface area contributed by atoms with Gasteiger partial charge in [0.25, 0.3) is 0 Å². The monoisotopic (exact) mass is 256 g/mol. The molecule has 17 heavy (non-hydrogen) atoms. The second-order valence-corrected chi connectivity index (χ2v) is 4.41. The third-order valence-electron chi connectivity index (χ3n) is 2.67. The maximum absolute atomic E-state index is 10.8. The van der Waals surface area contributed by atoms with Gasteiger partial charge in [0.2, 0.25) is 0 Å². The molecule has 0 bridgehead atoms. The molecule has 1 aromatic rings. The van der Waals surface area contributed by atoms with Crippen molar-refractivity contribution >= 4 is 17.6 Å². The van der Waals surface area contributed by atoms with Crippen LogP contribution in [0.3, 0.4) is 0 Å². The van der Waals surface area contributed by atoms with E-state index in [1.54, 1.807) is 19.1 Å². The van der Waals surface area contributed by atoms with Gasteiger partial charge in [0, 0.05) is 0 Å². The molecular weight excluding hydrogens is 244 g/mol. The van der Waals surface area contributed by atoms with Crippen LogP contribution >= 0.6 is 11.6 Å². The van der Waals surface area contributed by atoms with Gasteiger partial charge in [-0.25, -0.2) is 0 Å². The standard InChI is InChI=1S/C12H13ClO4/c1-7(12(14)15)6-8-2-3-9(13)11-10(8)16-4-5-17-11/h2-3,7H,4-6H2,1H3,(H,14,15). The number of hydrogen-bond acceptors (Lipinski definition) is 3. The number of hydrogen-bond donors (Lipinski definition) is 1. The second kappa shape index (κ2) is 4.84. The highest BCUT2D eigenvalue weighted by Crippen LogP contribution is 2.40. The minimum Gasteiger partial charge on any atom is -0.486 e. The highest BCUT2D eigenvalue weighted by atomic mass is 35.5. The van der Waals surface area contributed by atoms with Gasteiger partial charge in [-0.05, 0) is 18.1 Å². The first kappa shape index (κ1) is 12.0. The molecule has 5 heteroatoms. The highest BCUT2D eigenvalue weighted by molar-refractivity contribution is 6.32. The molecule has 0 fully saturated rings. The molecular formula is C12H13ClO4. The number of carboxylic acids is 1. The number of fused-ring (bicyclic) bond motifs is 1. The summed E-state index contributed by atoms with van der Waals surface area (Å²) in [4.78, 5) is 10.8. The predicted molar refractivity (Wildman–Crippen MR) is 62.9 cm³/mol. The van der Waals surface area contributed by atoms with Crippen LogP contribution in [0.15, 0.2) is 12.1 Å². The summed E-state index contributed by atoms with van der Waals surface area (Å²) in [6.45, 7) is 2.58. The Labute approximate surface area is 104 Å². The Bertz CT molecular complexity index is 444. The Morgan fingerprint density at radius 2 is 2.06 bits per heavy atom. The van der Waals surface area contributed by atoms with Gasteiger partial charge in [0.05, 0.1) is 10.9 Å². The lowest BCUT2D eigenvalue weighted by molar-refractivity contribution is -0.141. The lowest BCUT2D eigenvalue weighted by Gasteiger charge is -2.22. The van der Waals surface area contributed by atoms with Crippen LogP contribution in [-0.4, -0.2) is 24.3 Å². The Kier molecular flexibility index (Phi) is 3.43. The largest absolute Gasteiger partial charge is 0.486 e. The van der Waals surface area contributed by atoms with Crippen molar-refractivity contribution in [3.05, 3.63) is 22.7 Å². The molecule has 1 atom stereocenters. The minimum atomic E-state index is -0.828. The van der Waals surface area contributed by atoms with Crippen molar-refractivity contribution in [1.82, 2.24) is 0 Å². The Morgan fingerprint density at radius 3 is 2.71 bits per heavy atom. The molecule has 92 valence electrons. The fraction of sp³-hybridized carbons (Fsp3) is 0.417. The summed E-state index contributed by atoms with van der Waals surface area (Å²) in [6, 6.07) is 3.49. The van der Waals surface area contributed by atoms with Gasteiger partial charge < -0.3 is 14.6 Å². The van der Waals surface area contributed by atoms with Crippen LogP contribution in [-0.2, 0) is 11.2 Å². The zero-order chi connectivity index (χ0) is 12.4. The third kappa shape index (κ3) is 2.47. The second-order valence-electron chi connectivity index (χ2n) is 4.01. The molecule has 1 unspecified atom stereocenters. The molecule has 1 aliphatic rings. The quantitative estimate of drug-likeness (QED) is 0.902. The van der Waals surface area contributed by atoms with Crippen molar-refractivity contribution in [3.8, 4) is 11.5 Å². The first-order chi connectivity index (χ1) is 8.09. The number of halogens is 1. The zero-order valence-corrected chi connectivity index (χ0v) is 10.2. The predicted octanol–water partition coefficient (Wildman–Crippen LogP) is 2.37. The van der Waals surface area contributed by atoms with E-state index in [9.17, 15) is 4.79 Å². The average molecular weight is 257 g/mol. The van der Waals surface area contributed by atoms with Crippen LogP contribution in [0, 0.1) is 5.92 Å². The van der Waals surface area contributed by atoms with Crippen molar-refractivity contribution in [1.29, 1.82) is 0 Å². The molecule has 1 heterocycles. The number of aliphatic carboxylic acids is 1. The SMILES string of the molecule is CC(Cc1ccc(Cl)c2c1OCCO2)C(=O)O. The lowest BCUT2D eigenvalue weighted by Crippen LogP contribution is -2.19. The molecule has 1 N–H and O–H groups in total. The van der Waals surface area contributed by atoms with Crippen molar-refractivity contribution in [3.63, 3.8) is 0 Å². The smallest absolute Gasteiger partial charge is 0.306 e. The first-order valence-corrected chi connectivity index (χ1v) is 5.77. The highest BCUT2D eigenvalue weighted by Gasteiger charge is 2.22. The van der Waals surface area contributed by atoms with E-state index >= 15 is 0 Å². The van der Waals surface area contributed by atoms with E-state index in [-0.39, 0.29) is 0 Å². The van der Waals surface area contributed by atoms with Gasteiger partial charge in [-0.1, -0.05) is 24.6 Å². The van der Waals surface area contributed by atoms with Crippen LogP contribution in [0.25, 0.3) is 0 Å². The first-order valence-electron chi connectivity index (χ1n) is 5.39. The van der Waals surface area contributed by atoms with Crippen molar-refractivity contribution < 1.29 is 19.4 Å². The molecule has 0 aromatic heterocycles. The third-order valence-corrected chi connectivity index (χ3v) is 2.97. The zero-order valence-electron chi connectivity index (χ0n) is 9.40. The topological polar surface area (TPSA) is 55.8 Å². The van der Waals surface area contributed by atoms with Crippen molar-refractivity contribution in [2.75, 3.05) is 13.2 Å². The van der Waals surface area contributed by atoms with Gasteiger partial charge in [-0.15, -0.1) is 0 Å². The normalized spacial score (nSPS) is 15.4. The van der Waals surface area contributed by atoms with E-state index in [0.717, 1.165) is 5.56 Å². The lowest BCUT2D eigenvalue weighted by atomic mass is 10.00. The number of carboxylic acid groups (broad SMARTS) is 1. The summed E-state index contributed by atoms with van der Waals surface area (Å²) in [5.41, 5.74) is 0.819. The molecule has 0 spiro atoms. The molecule has 0 saturated heterocycles. The summed E-state index contributed by atoms with van der Waals surface area (Å²) < 4.78 is 10.9. The maximum Gasteiger partial charge on any atom is 0.306 e. The summed E-state index contributed by atoms with van der Waals surface area (Å²) in [5, 5.41) is 9.40. The van der Waals surface area contributed by atoms with Crippen molar-refractivity contribution in [2.24, 2.45) is 5.92 Å². The summed E-state index contributed by atoms with van der Waals surface area (Å²) in [5.74, 6) is -0.193. The average Bonchev–Trinajstić information content (AvgIpc) is 2.33. The summed E-state index contributed by atoms with van der Waals surface area (Å²) in [6.07, 6.45) is 0.401. The Balaban J connectivity index is 2.32. The van der Waals surface area contributed by atoms with E-state index in [0.29, 0.717) is 36.2 Å². The van der Waals surface area contributed by atoms with Gasteiger partial charge in [0.1, 0.15) is 13.2 Å². The van der Waals surface area contributed by atoms with Crippen LogP contribution < -0.4 is 9.47 Å². The fourth-order valence-corrected chi connectivity index (χ4v) is 1.94. The van der Waals surface area contributed by atoms with Crippen molar-refractivity contribution in [2.45, 2.75) is 13.3 Å². The number of rotatable bonds is 3. The Hall–Kier alpha value is -1.42. The molecule has 1 aromatic carbocycles. The molecule has 4 nitrogen and oxygen atoms in total. The van der Waals surface area contributed by atoms with E-state index in [1.807, 2.05) is 0 Å². The number of ether oxygens (including phenoxy) is 2. The van der Waals surface area contributed by atoms with Gasteiger partial charge >= 0.3 is 5.97 Å². The van der Waals surface area contributed by atoms with Crippen LogP contribution in [0.1, 0.15) is 12.5 Å². The molecule has 0 amide bonds. The van der Waals surface area contributed by atoms with Crippen LogP contribution in [0.5, 0.6) is 11.5 Å². The molecule has 0 radical (unpaired) electrons. The van der Waals surface area contributed by atoms with E-state index in [4.69, 9.17) is 26.2 Å². The molecule has 2 rings (SSSR count). The van der Waals surface area contributed by atoms with Gasteiger partial charge in [-0.2, -0.15) is 0 Å². The Morgan fingerprint density at radius 1 is 1.41 bits per heavy atom. The maximum atomic E-state index is 10.8. The van der Waals surface area contributed by atoms with E-state index in [2.05, 4.69) is 0 Å². The van der Waals surface area contributed by atoms with E-state index < -0.39 is 11.9 Å². The molecule has 0 saturated carbocycles. The number of benzene rings is 1. The number of carbonyl (C=O) groups is 1. The van der Waals surface area contributed by atoms with E-state index in [1.165, 1.54) is 0 Å². The minimum absolute atomic E-state index is 0.401. The molecule has 0 aliphatic carbocycles. The van der Waals surface area contributed by atoms with Gasteiger partial charge in [0.15, 0.2) is 11.5 Å². The summed E-state index contributed by atoms with van der Waals surface area (Å²) >= 11 is 5.99. The van der Waals surface area contributed by atoms with Crippen LogP contribution in [0.4, 0.5) is 0 Å².